The highest BCUT2D eigenvalue weighted by Gasteiger charge is 2.28. The van der Waals surface area contributed by atoms with E-state index in [2.05, 4.69) is 36.3 Å². The normalized spacial score (nSPS) is 17.4. The lowest BCUT2D eigenvalue weighted by molar-refractivity contribution is -0.00834. The van der Waals surface area contributed by atoms with Gasteiger partial charge >= 0.3 is 0 Å². The molecule has 9 heteroatoms. The van der Waals surface area contributed by atoms with E-state index in [0.29, 0.717) is 36.3 Å². The Balaban J connectivity index is 0.00000300. The Hall–Kier alpha value is -0.970. The molecule has 0 spiro atoms. The molecule has 3 rings (SSSR count). The minimum absolute atomic E-state index is 0. The number of benzene rings is 1. The van der Waals surface area contributed by atoms with Crippen LogP contribution in [0.1, 0.15) is 26.3 Å². The summed E-state index contributed by atoms with van der Waals surface area (Å²) in [6.45, 7) is 13.2. The Morgan fingerprint density at radius 2 is 1.86 bits per heavy atom. The number of hydrogen-bond donors (Lipinski definition) is 2. The fourth-order valence-corrected chi connectivity index (χ4v) is 3.64. The van der Waals surface area contributed by atoms with Gasteiger partial charge < -0.3 is 24.8 Å². The summed E-state index contributed by atoms with van der Waals surface area (Å²) in [6.07, 6.45) is 0. The lowest BCUT2D eigenvalue weighted by atomic mass is 10.0. The molecule has 29 heavy (non-hydrogen) atoms. The van der Waals surface area contributed by atoms with E-state index in [4.69, 9.17) is 30.8 Å². The van der Waals surface area contributed by atoms with E-state index in [1.165, 1.54) is 0 Å². The summed E-state index contributed by atoms with van der Waals surface area (Å²) in [5, 5.41) is 7.35. The number of morpholine rings is 1. The zero-order chi connectivity index (χ0) is 20.0. The van der Waals surface area contributed by atoms with Gasteiger partial charge in [-0.2, -0.15) is 0 Å². The molecule has 0 unspecified atom stereocenters. The van der Waals surface area contributed by atoms with Crippen LogP contribution in [0.3, 0.4) is 0 Å². The number of fused-ring (bicyclic) bond motifs is 1. The third-order valence-electron chi connectivity index (χ3n) is 4.98. The largest absolute Gasteiger partial charge is 0.486 e. The predicted octanol–water partition coefficient (Wildman–Crippen LogP) is 2.90. The fraction of sp³-hybridized carbons (Fsp3) is 0.650. The van der Waals surface area contributed by atoms with Crippen molar-refractivity contribution in [3.05, 3.63) is 22.7 Å². The van der Waals surface area contributed by atoms with Crippen LogP contribution < -0.4 is 20.1 Å². The summed E-state index contributed by atoms with van der Waals surface area (Å²) in [5.41, 5.74) is 0.999. The van der Waals surface area contributed by atoms with Gasteiger partial charge in [-0.15, -0.1) is 24.0 Å². The summed E-state index contributed by atoms with van der Waals surface area (Å²) < 4.78 is 16.7. The highest BCUT2D eigenvalue weighted by molar-refractivity contribution is 14.0. The van der Waals surface area contributed by atoms with E-state index in [0.717, 1.165) is 50.9 Å². The SMILES string of the molecule is CCNC(=NCc1cc(Cl)c2c(c1)OCCO2)NCC(C)(C)N1CCOCC1.I. The second-order valence-electron chi connectivity index (χ2n) is 7.56. The molecule has 0 atom stereocenters. The van der Waals surface area contributed by atoms with Crippen molar-refractivity contribution in [2.24, 2.45) is 4.99 Å². The van der Waals surface area contributed by atoms with Crippen molar-refractivity contribution in [2.75, 3.05) is 52.6 Å². The molecule has 1 aromatic carbocycles. The number of nitrogens with zero attached hydrogens (tertiary/aromatic N) is 2. The summed E-state index contributed by atoms with van der Waals surface area (Å²) >= 11 is 6.33. The van der Waals surface area contributed by atoms with E-state index in [1.807, 2.05) is 12.1 Å². The van der Waals surface area contributed by atoms with Crippen LogP contribution in [0, 0.1) is 0 Å². The first kappa shape index (κ1) is 24.3. The van der Waals surface area contributed by atoms with E-state index < -0.39 is 0 Å². The van der Waals surface area contributed by atoms with Gasteiger partial charge in [0.15, 0.2) is 17.5 Å². The van der Waals surface area contributed by atoms with E-state index in [-0.39, 0.29) is 29.5 Å². The number of aliphatic imine (C=N–C) groups is 1. The van der Waals surface area contributed by atoms with Crippen molar-refractivity contribution in [1.82, 2.24) is 15.5 Å². The van der Waals surface area contributed by atoms with Gasteiger partial charge in [0, 0.05) is 31.7 Å². The Bertz CT molecular complexity index is 697. The van der Waals surface area contributed by atoms with Gasteiger partial charge in [0.05, 0.1) is 24.8 Å². The number of hydrogen-bond acceptors (Lipinski definition) is 5. The first-order valence-electron chi connectivity index (χ1n) is 9.92. The van der Waals surface area contributed by atoms with Crippen molar-refractivity contribution in [3.63, 3.8) is 0 Å². The quantitative estimate of drug-likeness (QED) is 0.330. The molecular weight excluding hydrogens is 507 g/mol. The third kappa shape index (κ3) is 6.77. The van der Waals surface area contributed by atoms with Gasteiger partial charge in [0.2, 0.25) is 0 Å². The van der Waals surface area contributed by atoms with Gasteiger partial charge in [0.25, 0.3) is 0 Å². The molecule has 1 fully saturated rings. The number of guanidine groups is 1. The summed E-state index contributed by atoms with van der Waals surface area (Å²) in [7, 11) is 0. The Kier molecular flexibility index (Phi) is 9.58. The van der Waals surface area contributed by atoms with Crippen molar-refractivity contribution in [2.45, 2.75) is 32.9 Å². The van der Waals surface area contributed by atoms with Gasteiger partial charge in [-0.05, 0) is 38.5 Å². The van der Waals surface area contributed by atoms with Gasteiger partial charge in [-0.25, -0.2) is 4.99 Å². The zero-order valence-electron chi connectivity index (χ0n) is 17.4. The zero-order valence-corrected chi connectivity index (χ0v) is 20.5. The molecule has 0 aliphatic carbocycles. The molecule has 1 aromatic rings. The molecule has 1 saturated heterocycles. The summed E-state index contributed by atoms with van der Waals surface area (Å²) in [4.78, 5) is 7.17. The van der Waals surface area contributed by atoms with Crippen LogP contribution in [-0.4, -0.2) is 69.0 Å². The van der Waals surface area contributed by atoms with Crippen LogP contribution in [0.25, 0.3) is 0 Å². The lowest BCUT2D eigenvalue weighted by Gasteiger charge is -2.41. The highest BCUT2D eigenvalue weighted by Crippen LogP contribution is 2.38. The number of halogens is 2. The number of rotatable bonds is 6. The smallest absolute Gasteiger partial charge is 0.191 e. The van der Waals surface area contributed by atoms with Crippen LogP contribution >= 0.6 is 35.6 Å². The summed E-state index contributed by atoms with van der Waals surface area (Å²) in [5.74, 6) is 2.10. The average Bonchev–Trinajstić information content (AvgIpc) is 2.71. The lowest BCUT2D eigenvalue weighted by Crippen LogP contribution is -2.56. The van der Waals surface area contributed by atoms with Crippen molar-refractivity contribution >= 4 is 41.5 Å². The van der Waals surface area contributed by atoms with Crippen molar-refractivity contribution in [1.29, 1.82) is 0 Å². The van der Waals surface area contributed by atoms with Crippen LogP contribution in [0.5, 0.6) is 11.5 Å². The second kappa shape index (κ2) is 11.4. The average molecular weight is 539 g/mol. The molecule has 0 aromatic heterocycles. The van der Waals surface area contributed by atoms with Crippen molar-refractivity contribution in [3.8, 4) is 11.5 Å². The first-order chi connectivity index (χ1) is 13.5. The molecule has 2 aliphatic rings. The maximum absolute atomic E-state index is 6.33. The molecule has 0 saturated carbocycles. The first-order valence-corrected chi connectivity index (χ1v) is 10.3. The molecule has 0 radical (unpaired) electrons. The topological polar surface area (TPSA) is 67.4 Å². The monoisotopic (exact) mass is 538 g/mol. The van der Waals surface area contributed by atoms with Gasteiger partial charge in [-0.3, -0.25) is 4.90 Å². The third-order valence-corrected chi connectivity index (χ3v) is 5.26. The molecule has 2 N–H and O–H groups in total. The summed E-state index contributed by atoms with van der Waals surface area (Å²) in [6, 6.07) is 3.84. The Labute approximate surface area is 195 Å². The molecular formula is C20H32ClIN4O3. The maximum atomic E-state index is 6.33. The predicted molar refractivity (Wildman–Crippen MR) is 127 cm³/mol. The van der Waals surface area contributed by atoms with Crippen molar-refractivity contribution < 1.29 is 14.2 Å². The Morgan fingerprint density at radius 3 is 2.59 bits per heavy atom. The van der Waals surface area contributed by atoms with Crippen LogP contribution in [0.15, 0.2) is 17.1 Å². The maximum Gasteiger partial charge on any atom is 0.191 e. The molecule has 164 valence electrons. The van der Waals surface area contributed by atoms with E-state index in [9.17, 15) is 0 Å². The van der Waals surface area contributed by atoms with Gasteiger partial charge in [0.1, 0.15) is 13.2 Å². The number of ether oxygens (including phenoxy) is 3. The van der Waals surface area contributed by atoms with Crippen LogP contribution in [-0.2, 0) is 11.3 Å². The molecule has 7 nitrogen and oxygen atoms in total. The molecule has 0 bridgehead atoms. The standard InChI is InChI=1S/C20H31ClN4O3.HI/c1-4-22-19(24-14-20(2,3)25-5-7-26-8-6-25)23-13-15-11-16(21)18-17(12-15)27-9-10-28-18;/h11-12H,4-10,13-14H2,1-3H3,(H2,22,23,24);1H. The fourth-order valence-electron chi connectivity index (χ4n) is 3.35. The highest BCUT2D eigenvalue weighted by atomic mass is 127. The van der Waals surface area contributed by atoms with E-state index in [1.54, 1.807) is 0 Å². The Morgan fingerprint density at radius 1 is 1.14 bits per heavy atom. The number of nitrogens with one attached hydrogen (secondary N) is 2. The molecule has 2 heterocycles. The van der Waals surface area contributed by atoms with Crippen LogP contribution in [0.2, 0.25) is 5.02 Å². The van der Waals surface area contributed by atoms with Gasteiger partial charge in [-0.1, -0.05) is 11.6 Å². The van der Waals surface area contributed by atoms with Crippen LogP contribution in [0.4, 0.5) is 0 Å². The second-order valence-corrected chi connectivity index (χ2v) is 7.97. The minimum atomic E-state index is 0. The minimum Gasteiger partial charge on any atom is -0.486 e. The molecule has 0 amide bonds. The molecule has 2 aliphatic heterocycles. The van der Waals surface area contributed by atoms with E-state index >= 15 is 0 Å².